The van der Waals surface area contributed by atoms with Gasteiger partial charge in [0.15, 0.2) is 5.82 Å². The second-order valence-corrected chi connectivity index (χ2v) is 7.77. The Labute approximate surface area is 174 Å². The maximum atomic E-state index is 8.87. The molecule has 29 heavy (non-hydrogen) atoms. The van der Waals surface area contributed by atoms with Crippen molar-refractivity contribution in [2.24, 2.45) is 7.05 Å². The van der Waals surface area contributed by atoms with Gasteiger partial charge in [-0.2, -0.15) is 10.1 Å². The fourth-order valence-electron chi connectivity index (χ4n) is 3.66. The summed E-state index contributed by atoms with van der Waals surface area (Å²) in [5.41, 5.74) is 1.33. The Bertz CT molecular complexity index is 728. The van der Waals surface area contributed by atoms with Gasteiger partial charge in [0.05, 0.1) is 6.61 Å². The van der Waals surface area contributed by atoms with Crippen LogP contribution in [0, 0.1) is 0 Å². The number of aromatic nitrogens is 3. The molecule has 160 valence electrons. The first-order valence-corrected chi connectivity index (χ1v) is 10.9. The number of aliphatic hydroxyl groups excluding tert-OH is 1. The van der Waals surface area contributed by atoms with E-state index < -0.39 is 0 Å². The fourth-order valence-corrected chi connectivity index (χ4v) is 3.66. The molecule has 0 bridgehead atoms. The molecule has 1 aliphatic heterocycles. The molecule has 0 saturated carbocycles. The van der Waals surface area contributed by atoms with Crippen LogP contribution >= 0.6 is 0 Å². The summed E-state index contributed by atoms with van der Waals surface area (Å²) in [6.45, 7) is 5.12. The van der Waals surface area contributed by atoms with E-state index in [2.05, 4.69) is 38.5 Å². The topological polar surface area (TPSA) is 75.4 Å². The first kappa shape index (κ1) is 21.6. The molecule has 7 heteroatoms. The zero-order valence-corrected chi connectivity index (χ0v) is 17.6. The highest BCUT2D eigenvalue weighted by Gasteiger charge is 2.11. The predicted octanol–water partition coefficient (Wildman–Crippen LogP) is 3.00. The summed E-state index contributed by atoms with van der Waals surface area (Å²) in [6.07, 6.45) is 7.39. The Balaban J connectivity index is 1.36. The first-order valence-electron chi connectivity index (χ1n) is 10.9. The number of piperidine rings is 1. The SMILES string of the molecule is Cn1nc(CCCCO)nc1NCCCOc1cccc(CN2CCCCC2)c1. The van der Waals surface area contributed by atoms with E-state index in [9.17, 15) is 0 Å². The number of benzene rings is 1. The number of likely N-dealkylation sites (tertiary alicyclic amines) is 1. The molecule has 0 spiro atoms. The molecular formula is C22H35N5O2. The highest BCUT2D eigenvalue weighted by atomic mass is 16.5. The third kappa shape index (κ3) is 7.33. The van der Waals surface area contributed by atoms with Crippen molar-refractivity contribution in [2.75, 3.05) is 38.2 Å². The monoisotopic (exact) mass is 401 g/mol. The third-order valence-electron chi connectivity index (χ3n) is 5.24. The van der Waals surface area contributed by atoms with Crippen LogP contribution < -0.4 is 10.1 Å². The number of hydrogen-bond acceptors (Lipinski definition) is 6. The van der Waals surface area contributed by atoms with Gasteiger partial charge in [0, 0.05) is 33.2 Å². The second kappa shape index (κ2) is 11.8. The maximum Gasteiger partial charge on any atom is 0.221 e. The van der Waals surface area contributed by atoms with Gasteiger partial charge in [0.1, 0.15) is 5.75 Å². The summed E-state index contributed by atoms with van der Waals surface area (Å²) in [5, 5.41) is 16.6. The Morgan fingerprint density at radius 3 is 2.83 bits per heavy atom. The largest absolute Gasteiger partial charge is 0.494 e. The zero-order chi connectivity index (χ0) is 20.3. The second-order valence-electron chi connectivity index (χ2n) is 7.77. The maximum absolute atomic E-state index is 8.87. The minimum Gasteiger partial charge on any atom is -0.494 e. The van der Waals surface area contributed by atoms with Crippen LogP contribution in [0.25, 0.3) is 0 Å². The predicted molar refractivity (Wildman–Crippen MR) is 115 cm³/mol. The van der Waals surface area contributed by atoms with Crippen LogP contribution in [0.4, 0.5) is 5.95 Å². The van der Waals surface area contributed by atoms with Crippen LogP contribution in [0.3, 0.4) is 0 Å². The van der Waals surface area contributed by atoms with Crippen molar-refractivity contribution in [3.05, 3.63) is 35.7 Å². The molecule has 0 aliphatic carbocycles. The molecular weight excluding hydrogens is 366 g/mol. The van der Waals surface area contributed by atoms with Gasteiger partial charge in [-0.05, 0) is 62.9 Å². The number of rotatable bonds is 12. The lowest BCUT2D eigenvalue weighted by Gasteiger charge is -2.26. The number of nitrogens with one attached hydrogen (secondary N) is 1. The molecule has 1 fully saturated rings. The van der Waals surface area contributed by atoms with Crippen molar-refractivity contribution < 1.29 is 9.84 Å². The molecule has 2 heterocycles. The lowest BCUT2D eigenvalue weighted by atomic mass is 10.1. The van der Waals surface area contributed by atoms with Crippen molar-refractivity contribution >= 4 is 5.95 Å². The van der Waals surface area contributed by atoms with Crippen LogP contribution in [0.15, 0.2) is 24.3 Å². The van der Waals surface area contributed by atoms with Gasteiger partial charge in [-0.3, -0.25) is 4.90 Å². The van der Waals surface area contributed by atoms with E-state index in [0.717, 1.165) is 56.3 Å². The van der Waals surface area contributed by atoms with Crippen LogP contribution in [-0.2, 0) is 20.0 Å². The minimum absolute atomic E-state index is 0.221. The lowest BCUT2D eigenvalue weighted by molar-refractivity contribution is 0.220. The Kier molecular flexibility index (Phi) is 8.77. The number of nitrogens with zero attached hydrogens (tertiary/aromatic N) is 4. The number of hydrogen-bond donors (Lipinski definition) is 2. The van der Waals surface area contributed by atoms with E-state index in [1.54, 1.807) is 4.68 Å². The molecule has 0 amide bonds. The van der Waals surface area contributed by atoms with Gasteiger partial charge in [-0.15, -0.1) is 0 Å². The summed E-state index contributed by atoms with van der Waals surface area (Å²) in [6, 6.07) is 8.48. The minimum atomic E-state index is 0.221. The van der Waals surface area contributed by atoms with Crippen LogP contribution in [0.2, 0.25) is 0 Å². The van der Waals surface area contributed by atoms with E-state index >= 15 is 0 Å². The number of ether oxygens (including phenoxy) is 1. The summed E-state index contributed by atoms with van der Waals surface area (Å²) >= 11 is 0. The fraction of sp³-hybridized carbons (Fsp3) is 0.636. The van der Waals surface area contributed by atoms with Crippen LogP contribution in [0.1, 0.15) is 49.9 Å². The molecule has 1 saturated heterocycles. The quantitative estimate of drug-likeness (QED) is 0.533. The van der Waals surface area contributed by atoms with E-state index in [1.165, 1.54) is 37.9 Å². The van der Waals surface area contributed by atoms with Gasteiger partial charge < -0.3 is 15.2 Å². The van der Waals surface area contributed by atoms with Gasteiger partial charge in [-0.1, -0.05) is 18.6 Å². The first-order chi connectivity index (χ1) is 14.2. The van der Waals surface area contributed by atoms with Crippen LogP contribution in [0.5, 0.6) is 5.75 Å². The molecule has 0 unspecified atom stereocenters. The number of anilines is 1. The van der Waals surface area contributed by atoms with E-state index in [0.29, 0.717) is 6.61 Å². The van der Waals surface area contributed by atoms with Crippen LogP contribution in [-0.4, -0.2) is 57.6 Å². The number of aryl methyl sites for hydroxylation is 2. The molecule has 1 aromatic heterocycles. The molecule has 2 N–H and O–H groups in total. The van der Waals surface area contributed by atoms with Crippen molar-refractivity contribution in [1.29, 1.82) is 0 Å². The lowest BCUT2D eigenvalue weighted by Crippen LogP contribution is -2.29. The number of unbranched alkanes of at least 4 members (excludes halogenated alkanes) is 1. The molecule has 2 aromatic rings. The van der Waals surface area contributed by atoms with Crippen molar-refractivity contribution in [2.45, 2.75) is 51.5 Å². The van der Waals surface area contributed by atoms with E-state index in [-0.39, 0.29) is 6.61 Å². The Morgan fingerprint density at radius 1 is 1.14 bits per heavy atom. The van der Waals surface area contributed by atoms with Gasteiger partial charge in [-0.25, -0.2) is 4.68 Å². The molecule has 0 radical (unpaired) electrons. The zero-order valence-electron chi connectivity index (χ0n) is 17.6. The summed E-state index contributed by atoms with van der Waals surface area (Å²) in [4.78, 5) is 7.05. The summed E-state index contributed by atoms with van der Waals surface area (Å²) in [7, 11) is 1.90. The molecule has 1 aromatic carbocycles. The normalized spacial score (nSPS) is 14.8. The molecule has 3 rings (SSSR count). The molecule has 0 atom stereocenters. The van der Waals surface area contributed by atoms with Gasteiger partial charge >= 0.3 is 0 Å². The van der Waals surface area contributed by atoms with Crippen molar-refractivity contribution in [3.8, 4) is 5.75 Å². The average Bonchev–Trinajstić information content (AvgIpc) is 3.08. The Hall–Kier alpha value is -2.12. The summed E-state index contributed by atoms with van der Waals surface area (Å²) in [5.74, 6) is 2.56. The highest BCUT2D eigenvalue weighted by Crippen LogP contribution is 2.17. The Morgan fingerprint density at radius 2 is 2.00 bits per heavy atom. The van der Waals surface area contributed by atoms with Gasteiger partial charge in [0.25, 0.3) is 0 Å². The number of aliphatic hydroxyl groups is 1. The van der Waals surface area contributed by atoms with E-state index in [1.807, 2.05) is 13.1 Å². The average molecular weight is 402 g/mol. The smallest absolute Gasteiger partial charge is 0.221 e. The molecule has 7 nitrogen and oxygen atoms in total. The van der Waals surface area contributed by atoms with Crippen molar-refractivity contribution in [1.82, 2.24) is 19.7 Å². The summed E-state index contributed by atoms with van der Waals surface area (Å²) < 4.78 is 7.73. The highest BCUT2D eigenvalue weighted by molar-refractivity contribution is 5.28. The van der Waals surface area contributed by atoms with Gasteiger partial charge in [0.2, 0.25) is 5.95 Å². The van der Waals surface area contributed by atoms with Crippen molar-refractivity contribution in [3.63, 3.8) is 0 Å². The van der Waals surface area contributed by atoms with E-state index in [4.69, 9.17) is 9.84 Å². The third-order valence-corrected chi connectivity index (χ3v) is 5.24. The standard InChI is InChI=1S/C22H35N5O2/c1-26-22(24-21(25-26)11-3-6-15-28)23-12-8-16-29-20-10-7-9-19(17-20)18-27-13-4-2-5-14-27/h7,9-10,17,28H,2-6,8,11-16,18H2,1H3,(H,23,24,25). The molecule has 1 aliphatic rings.